The average molecular weight is 373 g/mol. The third-order valence-electron chi connectivity index (χ3n) is 4.75. The number of hydrogen-bond donors (Lipinski definition) is 0. The number of pyridine rings is 1. The van der Waals surface area contributed by atoms with Gasteiger partial charge in [0.2, 0.25) is 11.8 Å². The summed E-state index contributed by atoms with van der Waals surface area (Å²) < 4.78 is 36.7. The molecule has 0 bridgehead atoms. The minimum Gasteiger partial charge on any atom is -0.341 e. The molecule has 1 spiro atoms. The molecular weight excluding hydrogens is 355 g/mol. The molecule has 3 heterocycles. The number of alkyl halides is 3. The first-order valence-electron chi connectivity index (χ1n) is 7.97. The third-order valence-corrected chi connectivity index (χ3v) is 5.46. The van der Waals surface area contributed by atoms with Gasteiger partial charge in [0.05, 0.1) is 23.4 Å². The molecule has 2 saturated heterocycles. The van der Waals surface area contributed by atoms with Crippen molar-refractivity contribution in [2.24, 2.45) is 5.41 Å². The van der Waals surface area contributed by atoms with Crippen LogP contribution in [-0.2, 0) is 16.1 Å². The number of likely N-dealkylation sites (tertiary alicyclic amines) is 2. The van der Waals surface area contributed by atoms with E-state index in [1.165, 1.54) is 4.90 Å². The van der Waals surface area contributed by atoms with Crippen LogP contribution in [-0.4, -0.2) is 57.5 Å². The Bertz CT molecular complexity index is 656. The summed E-state index contributed by atoms with van der Waals surface area (Å²) in [5.74, 6) is -1.22. The van der Waals surface area contributed by atoms with E-state index in [2.05, 4.69) is 4.98 Å². The quantitative estimate of drug-likeness (QED) is 0.813. The molecule has 0 saturated carbocycles. The van der Waals surface area contributed by atoms with E-state index < -0.39 is 22.6 Å². The Morgan fingerprint density at radius 1 is 1.28 bits per heavy atom. The van der Waals surface area contributed by atoms with Crippen LogP contribution < -0.4 is 0 Å². The molecule has 9 heteroatoms. The van der Waals surface area contributed by atoms with Gasteiger partial charge in [0.1, 0.15) is 0 Å². The van der Waals surface area contributed by atoms with E-state index in [9.17, 15) is 22.8 Å². The van der Waals surface area contributed by atoms with Crippen molar-refractivity contribution in [2.75, 3.05) is 25.4 Å². The molecule has 2 amide bonds. The van der Waals surface area contributed by atoms with Crippen LogP contribution in [0.2, 0.25) is 0 Å². The fourth-order valence-electron chi connectivity index (χ4n) is 3.43. The lowest BCUT2D eigenvalue weighted by molar-refractivity contribution is -0.136. The van der Waals surface area contributed by atoms with Crippen LogP contribution in [0.1, 0.15) is 18.5 Å². The number of hydrogen-bond acceptors (Lipinski definition) is 4. The zero-order chi connectivity index (χ0) is 18.1. The van der Waals surface area contributed by atoms with Crippen molar-refractivity contribution in [1.82, 2.24) is 14.8 Å². The van der Waals surface area contributed by atoms with Gasteiger partial charge in [-0.1, -0.05) is 6.07 Å². The van der Waals surface area contributed by atoms with Gasteiger partial charge in [0, 0.05) is 25.8 Å². The van der Waals surface area contributed by atoms with Crippen molar-refractivity contribution < 1.29 is 22.8 Å². The maximum absolute atomic E-state index is 12.8. The molecule has 0 aromatic carbocycles. The molecule has 1 unspecified atom stereocenters. The van der Waals surface area contributed by atoms with Gasteiger partial charge in [0.25, 0.3) is 0 Å². The molecule has 2 aliphatic heterocycles. The summed E-state index contributed by atoms with van der Waals surface area (Å²) in [4.78, 5) is 32.1. The summed E-state index contributed by atoms with van der Waals surface area (Å²) in [6.07, 6.45) is 2.79. The molecule has 2 aliphatic rings. The zero-order valence-corrected chi connectivity index (χ0v) is 14.3. The van der Waals surface area contributed by atoms with Gasteiger partial charge >= 0.3 is 5.51 Å². The Balaban J connectivity index is 1.59. The molecule has 0 aliphatic carbocycles. The molecule has 0 radical (unpaired) electrons. The summed E-state index contributed by atoms with van der Waals surface area (Å²) in [6.45, 7) is 1.54. The molecule has 1 atom stereocenters. The van der Waals surface area contributed by atoms with Crippen molar-refractivity contribution in [3.63, 3.8) is 0 Å². The van der Waals surface area contributed by atoms with Crippen molar-refractivity contribution in [3.05, 3.63) is 30.1 Å². The Labute approximate surface area is 147 Å². The molecule has 5 nitrogen and oxygen atoms in total. The van der Waals surface area contributed by atoms with Crippen LogP contribution in [0.25, 0.3) is 0 Å². The lowest BCUT2D eigenvalue weighted by atomic mass is 9.85. The van der Waals surface area contributed by atoms with Crippen molar-refractivity contribution in [1.29, 1.82) is 0 Å². The highest BCUT2D eigenvalue weighted by Crippen LogP contribution is 2.41. The number of amides is 2. The van der Waals surface area contributed by atoms with E-state index in [4.69, 9.17) is 0 Å². The normalized spacial score (nSPS) is 23.7. The Kier molecular flexibility index (Phi) is 4.95. The predicted octanol–water partition coefficient (Wildman–Crippen LogP) is 2.29. The second-order valence-electron chi connectivity index (χ2n) is 6.38. The van der Waals surface area contributed by atoms with E-state index >= 15 is 0 Å². The van der Waals surface area contributed by atoms with E-state index in [1.54, 1.807) is 17.2 Å². The number of thioether (sulfide) groups is 1. The van der Waals surface area contributed by atoms with Gasteiger partial charge in [0.15, 0.2) is 0 Å². The van der Waals surface area contributed by atoms with Crippen molar-refractivity contribution >= 4 is 23.6 Å². The van der Waals surface area contributed by atoms with Gasteiger partial charge in [-0.25, -0.2) is 0 Å². The Morgan fingerprint density at radius 3 is 2.72 bits per heavy atom. The average Bonchev–Trinajstić information content (AvgIpc) is 3.13. The number of nitrogens with zero attached hydrogens (tertiary/aromatic N) is 3. The zero-order valence-electron chi connectivity index (χ0n) is 13.5. The number of aromatic nitrogens is 1. The third kappa shape index (κ3) is 4.08. The number of carbonyl (C=O) groups is 2. The molecule has 25 heavy (non-hydrogen) atoms. The van der Waals surface area contributed by atoms with Crippen LogP contribution >= 0.6 is 11.8 Å². The van der Waals surface area contributed by atoms with Gasteiger partial charge in [-0.2, -0.15) is 13.2 Å². The summed E-state index contributed by atoms with van der Waals surface area (Å²) in [5, 5.41) is 0. The SMILES string of the molecule is O=C(CSC(F)(F)F)N1CCC2(CCN(Cc3ccccn3)C2=O)C1. The molecule has 2 fully saturated rings. The summed E-state index contributed by atoms with van der Waals surface area (Å²) >= 11 is -0.332. The van der Waals surface area contributed by atoms with E-state index in [0.29, 0.717) is 32.5 Å². The Hall–Kier alpha value is -1.77. The van der Waals surface area contributed by atoms with E-state index in [1.807, 2.05) is 12.1 Å². The lowest BCUT2D eigenvalue weighted by Crippen LogP contribution is -2.38. The van der Waals surface area contributed by atoms with Gasteiger partial charge in [-0.3, -0.25) is 14.6 Å². The fourth-order valence-corrected chi connectivity index (χ4v) is 3.90. The molecule has 136 valence electrons. The molecule has 1 aromatic rings. The topological polar surface area (TPSA) is 53.5 Å². The minimum absolute atomic E-state index is 0.0306. The Morgan fingerprint density at radius 2 is 2.04 bits per heavy atom. The minimum atomic E-state index is -4.42. The van der Waals surface area contributed by atoms with Crippen molar-refractivity contribution in [3.8, 4) is 0 Å². The van der Waals surface area contributed by atoms with Crippen LogP contribution in [0.5, 0.6) is 0 Å². The first kappa shape index (κ1) is 18.0. The van der Waals surface area contributed by atoms with Crippen LogP contribution in [0.3, 0.4) is 0 Å². The lowest BCUT2D eigenvalue weighted by Gasteiger charge is -2.23. The van der Waals surface area contributed by atoms with Gasteiger partial charge in [-0.05, 0) is 36.7 Å². The maximum atomic E-state index is 12.8. The largest absolute Gasteiger partial charge is 0.442 e. The second kappa shape index (κ2) is 6.86. The van der Waals surface area contributed by atoms with E-state index in [0.717, 1.165) is 5.69 Å². The molecular formula is C16H18F3N3O2S. The summed E-state index contributed by atoms with van der Waals surface area (Å²) in [7, 11) is 0. The summed E-state index contributed by atoms with van der Waals surface area (Å²) in [5.41, 5.74) is -4.27. The monoisotopic (exact) mass is 373 g/mol. The highest BCUT2D eigenvalue weighted by atomic mass is 32.2. The summed E-state index contributed by atoms with van der Waals surface area (Å²) in [6, 6.07) is 5.50. The first-order chi connectivity index (χ1) is 11.8. The maximum Gasteiger partial charge on any atom is 0.442 e. The predicted molar refractivity (Wildman–Crippen MR) is 86.4 cm³/mol. The number of carbonyl (C=O) groups excluding carboxylic acids is 2. The second-order valence-corrected chi connectivity index (χ2v) is 7.42. The van der Waals surface area contributed by atoms with Crippen LogP contribution in [0.4, 0.5) is 13.2 Å². The highest BCUT2D eigenvalue weighted by Gasteiger charge is 2.51. The number of halogens is 3. The number of rotatable bonds is 4. The van der Waals surface area contributed by atoms with Gasteiger partial charge < -0.3 is 9.80 Å². The van der Waals surface area contributed by atoms with Crippen molar-refractivity contribution in [2.45, 2.75) is 24.9 Å². The fraction of sp³-hybridized carbons (Fsp3) is 0.562. The molecule has 3 rings (SSSR count). The highest BCUT2D eigenvalue weighted by molar-refractivity contribution is 8.00. The molecule has 1 aromatic heterocycles. The standard InChI is InChI=1S/C16H18F3N3O2S/c17-16(18,19)25-10-13(23)22-8-5-15(11-22)4-7-21(14(15)24)9-12-3-1-2-6-20-12/h1-3,6H,4-5,7-11H2. The smallest absolute Gasteiger partial charge is 0.341 e. The molecule has 0 N–H and O–H groups in total. The van der Waals surface area contributed by atoms with Gasteiger partial charge in [-0.15, -0.1) is 0 Å². The van der Waals surface area contributed by atoms with Crippen LogP contribution in [0.15, 0.2) is 24.4 Å². The van der Waals surface area contributed by atoms with Crippen LogP contribution in [0, 0.1) is 5.41 Å². The van der Waals surface area contributed by atoms with E-state index in [-0.39, 0.29) is 24.2 Å². The first-order valence-corrected chi connectivity index (χ1v) is 8.95.